The van der Waals surface area contributed by atoms with Crippen LogP contribution in [0.3, 0.4) is 0 Å². The molecular formula is C22H22N6O5S. The minimum absolute atomic E-state index is 0.0523. The fourth-order valence-corrected chi connectivity index (χ4v) is 4.56. The van der Waals surface area contributed by atoms with Gasteiger partial charge in [0.25, 0.3) is 5.91 Å². The predicted octanol–water partition coefficient (Wildman–Crippen LogP) is 0.971. The molecule has 1 atom stereocenters. The maximum absolute atomic E-state index is 12.9. The fourth-order valence-electron chi connectivity index (χ4n) is 3.76. The van der Waals surface area contributed by atoms with Crippen LogP contribution in [0.2, 0.25) is 0 Å². The van der Waals surface area contributed by atoms with Crippen LogP contribution in [0.1, 0.15) is 0 Å². The van der Waals surface area contributed by atoms with E-state index in [2.05, 4.69) is 15.5 Å². The van der Waals surface area contributed by atoms with Crippen molar-refractivity contribution in [1.82, 2.24) is 30.0 Å². The van der Waals surface area contributed by atoms with E-state index in [0.29, 0.717) is 48.5 Å². The van der Waals surface area contributed by atoms with E-state index in [-0.39, 0.29) is 29.9 Å². The molecule has 176 valence electrons. The Morgan fingerprint density at radius 2 is 1.71 bits per heavy atom. The number of aromatic hydroxyl groups is 1. The third-order valence-electron chi connectivity index (χ3n) is 5.59. The number of para-hydroxylation sites is 2. The Hall–Kier alpha value is -3.80. The zero-order chi connectivity index (χ0) is 23.5. The number of carbonyl (C=O) groups is 2. The van der Waals surface area contributed by atoms with Gasteiger partial charge in [0, 0.05) is 26.2 Å². The van der Waals surface area contributed by atoms with Gasteiger partial charge in [-0.1, -0.05) is 23.9 Å². The van der Waals surface area contributed by atoms with E-state index in [1.807, 2.05) is 18.2 Å². The first-order valence-electron chi connectivity index (χ1n) is 10.7. The normalized spacial score (nSPS) is 17.5. The van der Waals surface area contributed by atoms with Crippen LogP contribution in [0.4, 0.5) is 0 Å². The van der Waals surface area contributed by atoms with Gasteiger partial charge in [-0.15, -0.1) is 5.10 Å². The molecule has 11 nitrogen and oxygen atoms in total. The van der Waals surface area contributed by atoms with E-state index in [0.717, 1.165) is 0 Å². The number of thioether (sulfide) groups is 1. The summed E-state index contributed by atoms with van der Waals surface area (Å²) in [5.74, 6) is 1.32. The number of phenols is 1. The molecule has 5 rings (SSSR count). The Kier molecular flexibility index (Phi) is 6.21. The molecule has 0 bridgehead atoms. The lowest BCUT2D eigenvalue weighted by atomic mass is 10.2. The first-order valence-corrected chi connectivity index (χ1v) is 11.7. The summed E-state index contributed by atoms with van der Waals surface area (Å²) in [4.78, 5) is 29.1. The minimum Gasteiger partial charge on any atom is -0.508 e. The van der Waals surface area contributed by atoms with Crippen LogP contribution < -0.4 is 9.47 Å². The van der Waals surface area contributed by atoms with Gasteiger partial charge in [0.2, 0.25) is 17.2 Å². The second kappa shape index (κ2) is 9.59. The van der Waals surface area contributed by atoms with Crippen molar-refractivity contribution in [2.45, 2.75) is 11.3 Å². The quantitative estimate of drug-likeness (QED) is 0.530. The van der Waals surface area contributed by atoms with Crippen LogP contribution in [0, 0.1) is 0 Å². The Labute approximate surface area is 199 Å². The number of tetrazole rings is 1. The van der Waals surface area contributed by atoms with Gasteiger partial charge in [0.15, 0.2) is 11.5 Å². The fraction of sp³-hybridized carbons (Fsp3) is 0.318. The number of piperazine rings is 1. The summed E-state index contributed by atoms with van der Waals surface area (Å²) in [6.45, 7) is 1.92. The van der Waals surface area contributed by atoms with Crippen LogP contribution in [-0.4, -0.2) is 91.6 Å². The molecule has 0 spiro atoms. The van der Waals surface area contributed by atoms with Gasteiger partial charge in [-0.3, -0.25) is 9.59 Å². The second-order valence-electron chi connectivity index (χ2n) is 7.75. The molecule has 1 N–H and O–H groups in total. The molecule has 2 aliphatic rings. The largest absolute Gasteiger partial charge is 0.508 e. The first-order chi connectivity index (χ1) is 16.6. The van der Waals surface area contributed by atoms with Gasteiger partial charge in [-0.25, -0.2) is 0 Å². The number of rotatable bonds is 5. The van der Waals surface area contributed by atoms with Gasteiger partial charge >= 0.3 is 0 Å². The van der Waals surface area contributed by atoms with Gasteiger partial charge < -0.3 is 24.4 Å². The van der Waals surface area contributed by atoms with E-state index in [1.54, 1.807) is 40.1 Å². The smallest absolute Gasteiger partial charge is 0.267 e. The van der Waals surface area contributed by atoms with Crippen molar-refractivity contribution in [2.75, 3.05) is 38.5 Å². The molecule has 34 heavy (non-hydrogen) atoms. The summed E-state index contributed by atoms with van der Waals surface area (Å²) >= 11 is 1.23. The van der Waals surface area contributed by atoms with Crippen molar-refractivity contribution in [3.8, 4) is 22.9 Å². The highest BCUT2D eigenvalue weighted by molar-refractivity contribution is 7.99. The third-order valence-corrected chi connectivity index (χ3v) is 6.49. The summed E-state index contributed by atoms with van der Waals surface area (Å²) in [5.41, 5.74) is 0.682. The topological polar surface area (TPSA) is 123 Å². The maximum atomic E-state index is 12.9. The number of benzene rings is 2. The van der Waals surface area contributed by atoms with Gasteiger partial charge in [-0.2, -0.15) is 4.68 Å². The van der Waals surface area contributed by atoms with Crippen LogP contribution in [0.25, 0.3) is 5.69 Å². The van der Waals surface area contributed by atoms with Crippen LogP contribution >= 0.6 is 11.8 Å². The average molecular weight is 483 g/mol. The molecule has 12 heteroatoms. The summed E-state index contributed by atoms with van der Waals surface area (Å²) in [5, 5.41) is 21.6. The standard InChI is InChI=1S/C22H22N6O5S/c29-16-7-5-15(6-8-16)28-22(23-24-25-28)34-14-20(30)26-9-11-27(12-10-26)21(31)19-13-32-17-3-1-2-4-18(17)33-19/h1-8,19,29H,9-14H2/t19-/m0/s1. The van der Waals surface area contributed by atoms with E-state index in [1.165, 1.54) is 16.4 Å². The number of phenolic OH excluding ortho intramolecular Hbond substituents is 1. The molecule has 0 radical (unpaired) electrons. The number of ether oxygens (including phenoxy) is 2. The molecule has 1 saturated heterocycles. The molecule has 0 unspecified atom stereocenters. The monoisotopic (exact) mass is 482 g/mol. The van der Waals surface area contributed by atoms with Crippen LogP contribution in [-0.2, 0) is 9.59 Å². The number of hydrogen-bond donors (Lipinski definition) is 1. The van der Waals surface area contributed by atoms with E-state index < -0.39 is 6.10 Å². The van der Waals surface area contributed by atoms with Crippen molar-refractivity contribution in [3.05, 3.63) is 48.5 Å². The minimum atomic E-state index is -0.688. The number of hydrogen-bond acceptors (Lipinski definition) is 9. The molecule has 0 aliphatic carbocycles. The lowest BCUT2D eigenvalue weighted by Gasteiger charge is -2.37. The zero-order valence-corrected chi connectivity index (χ0v) is 18.9. The van der Waals surface area contributed by atoms with E-state index in [9.17, 15) is 14.7 Å². The van der Waals surface area contributed by atoms with Crippen molar-refractivity contribution in [1.29, 1.82) is 0 Å². The Morgan fingerprint density at radius 1 is 1.00 bits per heavy atom. The summed E-state index contributed by atoms with van der Waals surface area (Å²) in [6, 6.07) is 13.7. The van der Waals surface area contributed by atoms with Crippen molar-refractivity contribution >= 4 is 23.6 Å². The highest BCUT2D eigenvalue weighted by Crippen LogP contribution is 2.31. The second-order valence-corrected chi connectivity index (χ2v) is 8.69. The van der Waals surface area contributed by atoms with Crippen molar-refractivity contribution < 1.29 is 24.2 Å². The van der Waals surface area contributed by atoms with Gasteiger partial charge in [0.1, 0.15) is 12.4 Å². The summed E-state index contributed by atoms with van der Waals surface area (Å²) in [7, 11) is 0. The number of carbonyl (C=O) groups excluding carboxylic acids is 2. The predicted molar refractivity (Wildman–Crippen MR) is 121 cm³/mol. The van der Waals surface area contributed by atoms with Crippen LogP contribution in [0.5, 0.6) is 17.2 Å². The highest BCUT2D eigenvalue weighted by atomic mass is 32.2. The molecular weight excluding hydrogens is 460 g/mol. The highest BCUT2D eigenvalue weighted by Gasteiger charge is 2.33. The first kappa shape index (κ1) is 22.0. The third kappa shape index (κ3) is 4.62. The SMILES string of the molecule is O=C(CSc1nnnn1-c1ccc(O)cc1)N1CCN(C(=O)[C@@H]2COc3ccccc3O2)CC1. The molecule has 2 aliphatic heterocycles. The van der Waals surface area contributed by atoms with Crippen molar-refractivity contribution in [3.63, 3.8) is 0 Å². The maximum Gasteiger partial charge on any atom is 0.267 e. The molecule has 1 aromatic heterocycles. The molecule has 2 amide bonds. The number of fused-ring (bicyclic) bond motifs is 1. The lowest BCUT2D eigenvalue weighted by molar-refractivity contribution is -0.145. The Balaban J connectivity index is 1.12. The Morgan fingerprint density at radius 3 is 2.47 bits per heavy atom. The van der Waals surface area contributed by atoms with E-state index in [4.69, 9.17) is 9.47 Å². The molecule has 0 saturated carbocycles. The number of aromatic nitrogens is 4. The van der Waals surface area contributed by atoms with Gasteiger partial charge in [-0.05, 0) is 46.8 Å². The molecule has 3 heterocycles. The zero-order valence-electron chi connectivity index (χ0n) is 18.1. The number of amides is 2. The molecule has 3 aromatic rings. The lowest BCUT2D eigenvalue weighted by Crippen LogP contribution is -2.55. The van der Waals surface area contributed by atoms with E-state index >= 15 is 0 Å². The molecule has 2 aromatic carbocycles. The van der Waals surface area contributed by atoms with Crippen molar-refractivity contribution in [2.24, 2.45) is 0 Å². The van der Waals surface area contributed by atoms with Gasteiger partial charge in [0.05, 0.1) is 11.4 Å². The van der Waals surface area contributed by atoms with Crippen LogP contribution in [0.15, 0.2) is 53.7 Å². The average Bonchev–Trinajstić information content (AvgIpc) is 3.36. The summed E-state index contributed by atoms with van der Waals surface area (Å²) < 4.78 is 13.0. The number of nitrogens with zero attached hydrogens (tertiary/aromatic N) is 6. The Bertz CT molecular complexity index is 1180. The summed E-state index contributed by atoms with van der Waals surface area (Å²) in [6.07, 6.45) is -0.688. The molecule has 1 fully saturated rings.